The lowest BCUT2D eigenvalue weighted by Crippen LogP contribution is -2.08. The fourth-order valence-corrected chi connectivity index (χ4v) is 3.80. The van der Waals surface area contributed by atoms with Crippen molar-refractivity contribution < 1.29 is 14.3 Å². The third kappa shape index (κ3) is 3.87. The van der Waals surface area contributed by atoms with Gasteiger partial charge in [0.25, 0.3) is 0 Å². The Morgan fingerprint density at radius 3 is 2.57 bits per heavy atom. The van der Waals surface area contributed by atoms with E-state index in [4.69, 9.17) is 4.74 Å². The van der Waals surface area contributed by atoms with Gasteiger partial charge in [0.2, 0.25) is 0 Å². The molecular weight excluding hydrogens is 376 g/mol. The summed E-state index contributed by atoms with van der Waals surface area (Å²) in [6.07, 6.45) is 0. The van der Waals surface area contributed by atoms with E-state index in [0.717, 1.165) is 11.4 Å². The summed E-state index contributed by atoms with van der Waals surface area (Å²) in [5, 5.41) is 9.07. The zero-order valence-electron chi connectivity index (χ0n) is 16.3. The van der Waals surface area contributed by atoms with Crippen molar-refractivity contribution in [2.75, 3.05) is 12.4 Å². The lowest BCUT2D eigenvalue weighted by Gasteiger charge is -2.04. The Labute approximate surface area is 167 Å². The van der Waals surface area contributed by atoms with E-state index in [2.05, 4.69) is 15.2 Å². The van der Waals surface area contributed by atoms with Crippen LogP contribution in [0.15, 0.2) is 35.5 Å². The number of ether oxygens (including phenoxy) is 1. The number of ketones is 1. The van der Waals surface area contributed by atoms with Crippen LogP contribution in [0.1, 0.15) is 39.0 Å². The van der Waals surface area contributed by atoms with Crippen LogP contribution in [0.5, 0.6) is 0 Å². The molecule has 2 aromatic heterocycles. The molecule has 1 aromatic carbocycles. The van der Waals surface area contributed by atoms with Gasteiger partial charge < -0.3 is 14.3 Å². The fraction of sp³-hybridized carbons (Fsp3) is 0.300. The van der Waals surface area contributed by atoms with Gasteiger partial charge in [0, 0.05) is 18.3 Å². The first-order valence-electron chi connectivity index (χ1n) is 8.91. The number of Topliss-reactive ketones (excluding diaryl/α,β-unsaturated/α-hetero) is 1. The highest BCUT2D eigenvalue weighted by molar-refractivity contribution is 7.99. The average Bonchev–Trinajstić information content (AvgIpc) is 3.20. The second-order valence-corrected chi connectivity index (χ2v) is 7.23. The Bertz CT molecular complexity index is 1010. The van der Waals surface area contributed by atoms with E-state index >= 15 is 0 Å². The molecule has 0 bridgehead atoms. The van der Waals surface area contributed by atoms with Gasteiger partial charge in [-0.2, -0.15) is 0 Å². The standard InChI is InChI=1S/C20H22N4O3S/c1-5-27-19(26)16-12(2)17(21-13(16)3)15(25)11-28-20-23-22-18(24(20)4)14-9-7-6-8-10-14/h6-10,21H,5,11H2,1-4H3. The Kier molecular flexibility index (Phi) is 5.99. The highest BCUT2D eigenvalue weighted by Crippen LogP contribution is 2.25. The molecule has 3 aromatic rings. The van der Waals surface area contributed by atoms with Crippen molar-refractivity contribution in [1.82, 2.24) is 19.7 Å². The van der Waals surface area contributed by atoms with Crippen LogP contribution >= 0.6 is 11.8 Å². The first-order chi connectivity index (χ1) is 13.4. The van der Waals surface area contributed by atoms with Crippen LogP contribution in [-0.2, 0) is 11.8 Å². The van der Waals surface area contributed by atoms with E-state index in [1.54, 1.807) is 20.8 Å². The molecule has 0 amide bonds. The number of benzene rings is 1. The van der Waals surface area contributed by atoms with Gasteiger partial charge in [-0.25, -0.2) is 4.79 Å². The number of carbonyl (C=O) groups is 2. The van der Waals surface area contributed by atoms with Crippen LogP contribution in [0.4, 0.5) is 0 Å². The molecule has 0 radical (unpaired) electrons. The topological polar surface area (TPSA) is 89.9 Å². The first kappa shape index (κ1) is 19.9. The summed E-state index contributed by atoms with van der Waals surface area (Å²) in [5.74, 6) is 0.405. The van der Waals surface area contributed by atoms with Gasteiger partial charge in [-0.05, 0) is 26.3 Å². The summed E-state index contributed by atoms with van der Waals surface area (Å²) < 4.78 is 6.94. The van der Waals surface area contributed by atoms with Crippen LogP contribution in [-0.4, -0.2) is 43.9 Å². The number of aromatic amines is 1. The number of esters is 1. The molecule has 0 aliphatic carbocycles. The molecule has 0 saturated carbocycles. The number of carbonyl (C=O) groups excluding carboxylic acids is 2. The van der Waals surface area contributed by atoms with E-state index in [1.807, 2.05) is 41.9 Å². The van der Waals surface area contributed by atoms with E-state index < -0.39 is 5.97 Å². The summed E-state index contributed by atoms with van der Waals surface area (Å²) in [7, 11) is 1.87. The number of thioether (sulfide) groups is 1. The number of H-pyrrole nitrogens is 1. The molecule has 0 spiro atoms. The lowest BCUT2D eigenvalue weighted by atomic mass is 10.1. The number of rotatable bonds is 7. The number of aromatic nitrogens is 4. The van der Waals surface area contributed by atoms with Gasteiger partial charge in [-0.15, -0.1) is 10.2 Å². The lowest BCUT2D eigenvalue weighted by molar-refractivity contribution is 0.0525. The molecule has 3 rings (SSSR count). The maximum absolute atomic E-state index is 12.7. The van der Waals surface area contributed by atoms with E-state index in [9.17, 15) is 9.59 Å². The number of nitrogens with zero attached hydrogens (tertiary/aromatic N) is 3. The highest BCUT2D eigenvalue weighted by Gasteiger charge is 2.23. The molecule has 0 aliphatic heterocycles. The molecule has 28 heavy (non-hydrogen) atoms. The summed E-state index contributed by atoms with van der Waals surface area (Å²) in [5.41, 5.74) is 3.07. The molecule has 0 aliphatic rings. The predicted octanol–water partition coefficient (Wildman–Crippen LogP) is 3.58. The van der Waals surface area contributed by atoms with Gasteiger partial charge in [0.15, 0.2) is 16.8 Å². The second kappa shape index (κ2) is 8.43. The van der Waals surface area contributed by atoms with Crippen LogP contribution in [0.25, 0.3) is 11.4 Å². The Balaban J connectivity index is 1.74. The maximum Gasteiger partial charge on any atom is 0.340 e. The molecule has 8 heteroatoms. The van der Waals surface area contributed by atoms with Gasteiger partial charge in [0.1, 0.15) is 0 Å². The van der Waals surface area contributed by atoms with Crippen molar-refractivity contribution in [2.24, 2.45) is 7.05 Å². The van der Waals surface area contributed by atoms with Crippen molar-refractivity contribution in [3.05, 3.63) is 52.8 Å². The minimum Gasteiger partial charge on any atom is -0.462 e. The van der Waals surface area contributed by atoms with Gasteiger partial charge >= 0.3 is 5.97 Å². The quantitative estimate of drug-likeness (QED) is 0.372. The minimum absolute atomic E-state index is 0.106. The fourth-order valence-electron chi connectivity index (χ4n) is 3.02. The number of hydrogen-bond donors (Lipinski definition) is 1. The summed E-state index contributed by atoms with van der Waals surface area (Å²) in [6, 6.07) is 9.76. The monoisotopic (exact) mass is 398 g/mol. The molecule has 1 N–H and O–H groups in total. The zero-order chi connectivity index (χ0) is 20.3. The van der Waals surface area contributed by atoms with Crippen LogP contribution in [0.3, 0.4) is 0 Å². The van der Waals surface area contributed by atoms with E-state index in [0.29, 0.717) is 27.7 Å². The maximum atomic E-state index is 12.7. The first-order valence-corrected chi connectivity index (χ1v) is 9.89. The Morgan fingerprint density at radius 2 is 1.89 bits per heavy atom. The Hall–Kier alpha value is -2.87. The van der Waals surface area contributed by atoms with E-state index in [1.165, 1.54) is 11.8 Å². The molecule has 146 valence electrons. The minimum atomic E-state index is -0.416. The summed E-state index contributed by atoms with van der Waals surface area (Å²) >= 11 is 1.31. The molecule has 0 unspecified atom stereocenters. The van der Waals surface area contributed by atoms with Crippen molar-refractivity contribution >= 4 is 23.5 Å². The molecule has 2 heterocycles. The largest absolute Gasteiger partial charge is 0.462 e. The van der Waals surface area contributed by atoms with Crippen molar-refractivity contribution in [3.63, 3.8) is 0 Å². The zero-order valence-corrected chi connectivity index (χ0v) is 17.1. The summed E-state index contributed by atoms with van der Waals surface area (Å²) in [6.45, 7) is 5.56. The molecular formula is C20H22N4O3S. The van der Waals surface area contributed by atoms with Gasteiger partial charge in [-0.3, -0.25) is 4.79 Å². The van der Waals surface area contributed by atoms with Crippen LogP contribution < -0.4 is 0 Å². The van der Waals surface area contributed by atoms with Crippen molar-refractivity contribution in [1.29, 1.82) is 0 Å². The highest BCUT2D eigenvalue weighted by atomic mass is 32.2. The second-order valence-electron chi connectivity index (χ2n) is 6.29. The van der Waals surface area contributed by atoms with Crippen molar-refractivity contribution in [2.45, 2.75) is 25.9 Å². The van der Waals surface area contributed by atoms with Crippen LogP contribution in [0.2, 0.25) is 0 Å². The third-order valence-electron chi connectivity index (χ3n) is 4.40. The number of hydrogen-bond acceptors (Lipinski definition) is 6. The molecule has 7 nitrogen and oxygen atoms in total. The van der Waals surface area contributed by atoms with E-state index in [-0.39, 0.29) is 18.1 Å². The Morgan fingerprint density at radius 1 is 1.18 bits per heavy atom. The predicted molar refractivity (Wildman–Crippen MR) is 108 cm³/mol. The molecule has 0 saturated heterocycles. The average molecular weight is 398 g/mol. The SMILES string of the molecule is CCOC(=O)c1c(C)[nH]c(C(=O)CSc2nnc(-c3ccccc3)n2C)c1C. The molecule has 0 fully saturated rings. The van der Waals surface area contributed by atoms with Crippen LogP contribution in [0, 0.1) is 13.8 Å². The number of nitrogens with one attached hydrogen (secondary N) is 1. The molecule has 0 atom stereocenters. The number of aryl methyl sites for hydroxylation is 1. The smallest absolute Gasteiger partial charge is 0.340 e. The normalized spacial score (nSPS) is 10.9. The van der Waals surface area contributed by atoms with Crippen molar-refractivity contribution in [3.8, 4) is 11.4 Å². The van der Waals surface area contributed by atoms with Gasteiger partial charge in [-0.1, -0.05) is 42.1 Å². The summed E-state index contributed by atoms with van der Waals surface area (Å²) in [4.78, 5) is 27.8. The third-order valence-corrected chi connectivity index (χ3v) is 5.42. The van der Waals surface area contributed by atoms with Gasteiger partial charge in [0.05, 0.1) is 23.6 Å².